The lowest BCUT2D eigenvalue weighted by molar-refractivity contribution is -0.132. The summed E-state index contributed by atoms with van der Waals surface area (Å²) in [5, 5.41) is 0.363. The zero-order valence-corrected chi connectivity index (χ0v) is 18.2. The van der Waals surface area contributed by atoms with Crippen LogP contribution in [0.1, 0.15) is 12.0 Å². The molecule has 6 nitrogen and oxygen atoms in total. The van der Waals surface area contributed by atoms with E-state index in [2.05, 4.69) is 21.8 Å². The Morgan fingerprint density at radius 1 is 1.00 bits per heavy atom. The third-order valence-corrected chi connectivity index (χ3v) is 6.97. The molecule has 0 unspecified atom stereocenters. The number of hydrogen-bond donors (Lipinski definition) is 1. The van der Waals surface area contributed by atoms with Gasteiger partial charge >= 0.3 is 0 Å². The van der Waals surface area contributed by atoms with Gasteiger partial charge in [0, 0.05) is 50.7 Å². The van der Waals surface area contributed by atoms with E-state index in [0.717, 1.165) is 19.6 Å². The van der Waals surface area contributed by atoms with Crippen molar-refractivity contribution in [2.75, 3.05) is 32.7 Å². The van der Waals surface area contributed by atoms with Gasteiger partial charge < -0.3 is 4.90 Å². The highest BCUT2D eigenvalue weighted by Gasteiger charge is 2.22. The van der Waals surface area contributed by atoms with Crippen molar-refractivity contribution >= 4 is 39.1 Å². The Balaban J connectivity index is 1.45. The van der Waals surface area contributed by atoms with E-state index in [-0.39, 0.29) is 33.8 Å². The van der Waals surface area contributed by atoms with Gasteiger partial charge in [-0.1, -0.05) is 53.5 Å². The molecule has 1 aliphatic rings. The van der Waals surface area contributed by atoms with Crippen LogP contribution in [0.2, 0.25) is 10.0 Å². The minimum Gasteiger partial charge on any atom is -0.340 e. The molecule has 0 bridgehead atoms. The number of carbonyl (C=O) groups is 1. The maximum absolute atomic E-state index is 12.4. The van der Waals surface area contributed by atoms with Crippen molar-refractivity contribution in [1.82, 2.24) is 14.5 Å². The fraction of sp³-hybridized carbons (Fsp3) is 0.350. The van der Waals surface area contributed by atoms with Crippen LogP contribution in [0.15, 0.2) is 53.4 Å². The summed E-state index contributed by atoms with van der Waals surface area (Å²) in [5.41, 5.74) is 1.25. The molecule has 0 aliphatic carbocycles. The van der Waals surface area contributed by atoms with Gasteiger partial charge in [-0.05, 0) is 23.8 Å². The quantitative estimate of drug-likeness (QED) is 0.696. The predicted molar refractivity (Wildman–Crippen MR) is 115 cm³/mol. The van der Waals surface area contributed by atoms with Crippen molar-refractivity contribution in [3.05, 3.63) is 64.1 Å². The van der Waals surface area contributed by atoms with Crippen molar-refractivity contribution in [2.24, 2.45) is 0 Å². The van der Waals surface area contributed by atoms with E-state index in [1.807, 2.05) is 18.2 Å². The van der Waals surface area contributed by atoms with Gasteiger partial charge in [0.2, 0.25) is 15.9 Å². The molecule has 1 saturated heterocycles. The van der Waals surface area contributed by atoms with E-state index in [0.29, 0.717) is 13.1 Å². The number of nitrogens with one attached hydrogen (secondary N) is 1. The number of hydrogen-bond acceptors (Lipinski definition) is 4. The normalized spacial score (nSPS) is 15.4. The van der Waals surface area contributed by atoms with Crippen molar-refractivity contribution in [2.45, 2.75) is 17.9 Å². The third-order valence-electron chi connectivity index (χ3n) is 4.79. The average molecular weight is 456 g/mol. The fourth-order valence-corrected chi connectivity index (χ4v) is 5.00. The number of piperazine rings is 1. The molecule has 9 heteroatoms. The molecule has 1 heterocycles. The van der Waals surface area contributed by atoms with Gasteiger partial charge in [-0.3, -0.25) is 9.69 Å². The zero-order valence-electron chi connectivity index (χ0n) is 15.9. The molecular weight excluding hydrogens is 433 g/mol. The molecule has 2 aromatic rings. The first-order chi connectivity index (χ1) is 13.8. The second-order valence-electron chi connectivity index (χ2n) is 6.87. The minimum atomic E-state index is -3.83. The summed E-state index contributed by atoms with van der Waals surface area (Å²) in [5.74, 6) is -0.0655. The monoisotopic (exact) mass is 455 g/mol. The molecule has 3 rings (SSSR count). The van der Waals surface area contributed by atoms with Gasteiger partial charge in [0.25, 0.3) is 0 Å². The first-order valence-corrected chi connectivity index (χ1v) is 11.6. The molecule has 0 spiro atoms. The Morgan fingerprint density at radius 3 is 2.38 bits per heavy atom. The predicted octanol–water partition coefficient (Wildman–Crippen LogP) is 3.01. The average Bonchev–Trinajstić information content (AvgIpc) is 2.71. The van der Waals surface area contributed by atoms with Crippen LogP contribution in [-0.4, -0.2) is 56.8 Å². The minimum absolute atomic E-state index is 0.00817. The standard InChI is InChI=1S/C20H23Cl2N3O3S/c21-17-6-7-18(22)19(14-17)29(27,28)23-9-8-20(26)25-12-10-24(11-13-25)15-16-4-2-1-3-5-16/h1-7,14,23H,8-13,15H2. The highest BCUT2D eigenvalue weighted by molar-refractivity contribution is 7.89. The molecule has 0 radical (unpaired) electrons. The van der Waals surface area contributed by atoms with Crippen LogP contribution in [-0.2, 0) is 21.4 Å². The topological polar surface area (TPSA) is 69.7 Å². The number of benzene rings is 2. The Hall–Kier alpha value is -1.64. The molecule has 29 heavy (non-hydrogen) atoms. The third kappa shape index (κ3) is 6.17. The van der Waals surface area contributed by atoms with Gasteiger partial charge in [-0.25, -0.2) is 13.1 Å². The van der Waals surface area contributed by atoms with E-state index < -0.39 is 10.0 Å². The molecular formula is C20H23Cl2N3O3S. The van der Waals surface area contributed by atoms with Gasteiger partial charge in [0.1, 0.15) is 4.90 Å². The Labute approximate surface area is 181 Å². The smallest absolute Gasteiger partial charge is 0.242 e. The first kappa shape index (κ1) is 22.1. The van der Waals surface area contributed by atoms with Crippen molar-refractivity contribution in [3.63, 3.8) is 0 Å². The maximum atomic E-state index is 12.4. The first-order valence-electron chi connectivity index (χ1n) is 9.34. The van der Waals surface area contributed by atoms with E-state index >= 15 is 0 Å². The molecule has 0 saturated carbocycles. The second kappa shape index (κ2) is 9.91. The summed E-state index contributed by atoms with van der Waals surface area (Å²) >= 11 is 11.8. The van der Waals surface area contributed by atoms with E-state index in [9.17, 15) is 13.2 Å². The second-order valence-corrected chi connectivity index (χ2v) is 9.44. The SMILES string of the molecule is O=C(CCNS(=O)(=O)c1cc(Cl)ccc1Cl)N1CCN(Cc2ccccc2)CC1. The van der Waals surface area contributed by atoms with Gasteiger partial charge in [-0.2, -0.15) is 0 Å². The van der Waals surface area contributed by atoms with Crippen LogP contribution in [0.25, 0.3) is 0 Å². The van der Waals surface area contributed by atoms with E-state index in [1.165, 1.54) is 23.8 Å². The lowest BCUT2D eigenvalue weighted by atomic mass is 10.2. The van der Waals surface area contributed by atoms with Crippen LogP contribution in [0.3, 0.4) is 0 Å². The van der Waals surface area contributed by atoms with Crippen molar-refractivity contribution in [1.29, 1.82) is 0 Å². The number of amides is 1. The lowest BCUT2D eigenvalue weighted by Gasteiger charge is -2.34. The van der Waals surface area contributed by atoms with Crippen LogP contribution in [0.5, 0.6) is 0 Å². The summed E-state index contributed by atoms with van der Waals surface area (Å²) < 4.78 is 27.2. The van der Waals surface area contributed by atoms with Gasteiger partial charge in [-0.15, -0.1) is 0 Å². The highest BCUT2D eigenvalue weighted by Crippen LogP contribution is 2.24. The Bertz CT molecular complexity index is 947. The largest absolute Gasteiger partial charge is 0.340 e. The molecule has 2 aromatic carbocycles. The zero-order chi connectivity index (χ0) is 20.9. The molecule has 1 amide bonds. The number of rotatable bonds is 7. The fourth-order valence-electron chi connectivity index (χ4n) is 3.21. The summed E-state index contributed by atoms with van der Waals surface area (Å²) in [6.45, 7) is 3.74. The highest BCUT2D eigenvalue weighted by atomic mass is 35.5. The van der Waals surface area contributed by atoms with Crippen LogP contribution in [0.4, 0.5) is 0 Å². The van der Waals surface area contributed by atoms with Crippen LogP contribution in [0, 0.1) is 0 Å². The van der Waals surface area contributed by atoms with Crippen LogP contribution < -0.4 is 4.72 Å². The Morgan fingerprint density at radius 2 is 1.69 bits per heavy atom. The van der Waals surface area contributed by atoms with E-state index in [4.69, 9.17) is 23.2 Å². The summed E-state index contributed by atoms with van der Waals surface area (Å²) in [6.07, 6.45) is 0.0934. The molecule has 1 aliphatic heterocycles. The lowest BCUT2D eigenvalue weighted by Crippen LogP contribution is -2.48. The van der Waals surface area contributed by atoms with Gasteiger partial charge in [0.05, 0.1) is 5.02 Å². The molecule has 1 N–H and O–H groups in total. The van der Waals surface area contributed by atoms with Gasteiger partial charge in [0.15, 0.2) is 0 Å². The number of nitrogens with zero attached hydrogens (tertiary/aromatic N) is 2. The van der Waals surface area contributed by atoms with Crippen molar-refractivity contribution < 1.29 is 13.2 Å². The summed E-state index contributed by atoms with van der Waals surface area (Å²) in [4.78, 5) is 16.4. The number of halogens is 2. The summed E-state index contributed by atoms with van der Waals surface area (Å²) in [7, 11) is -3.83. The number of carbonyl (C=O) groups excluding carboxylic acids is 1. The molecule has 0 aromatic heterocycles. The maximum Gasteiger partial charge on any atom is 0.242 e. The molecule has 1 fully saturated rings. The van der Waals surface area contributed by atoms with Crippen LogP contribution >= 0.6 is 23.2 Å². The van der Waals surface area contributed by atoms with E-state index in [1.54, 1.807) is 4.90 Å². The molecule has 156 valence electrons. The molecule has 0 atom stereocenters. The van der Waals surface area contributed by atoms with Crippen molar-refractivity contribution in [3.8, 4) is 0 Å². The number of sulfonamides is 1. The summed E-state index contributed by atoms with van der Waals surface area (Å²) in [6, 6.07) is 14.5. The Kier molecular flexibility index (Phi) is 7.54.